The van der Waals surface area contributed by atoms with Gasteiger partial charge in [0.1, 0.15) is 11.5 Å². The largest absolute Gasteiger partial charge is 0.507 e. The Labute approximate surface area is 218 Å². The van der Waals surface area contributed by atoms with Crippen molar-refractivity contribution in [3.05, 3.63) is 94.1 Å². The number of rotatable bonds is 7. The number of aliphatic hydroxyl groups is 1. The maximum atomic E-state index is 13.5. The summed E-state index contributed by atoms with van der Waals surface area (Å²) in [6, 6.07) is 18.2. The highest BCUT2D eigenvalue weighted by Gasteiger charge is 2.47. The molecule has 1 heterocycles. The van der Waals surface area contributed by atoms with Gasteiger partial charge in [-0.2, -0.15) is 0 Å². The van der Waals surface area contributed by atoms with E-state index in [2.05, 4.69) is 18.7 Å². The summed E-state index contributed by atoms with van der Waals surface area (Å²) in [7, 11) is 1.59. The number of aryl methyl sites for hydroxylation is 3. The number of ether oxygens (including phenoxy) is 1. The number of anilines is 2. The average molecular weight is 499 g/mol. The molecule has 0 aromatic heterocycles. The maximum absolute atomic E-state index is 13.5. The first-order valence-electron chi connectivity index (χ1n) is 12.6. The van der Waals surface area contributed by atoms with Gasteiger partial charge >= 0.3 is 0 Å². The van der Waals surface area contributed by atoms with E-state index in [1.807, 2.05) is 75.4 Å². The smallest absolute Gasteiger partial charge is 0.300 e. The molecule has 0 aliphatic carbocycles. The van der Waals surface area contributed by atoms with Gasteiger partial charge in [0.25, 0.3) is 11.7 Å². The van der Waals surface area contributed by atoms with Crippen LogP contribution >= 0.6 is 0 Å². The number of hydrogen-bond acceptors (Lipinski definition) is 5. The lowest BCUT2D eigenvalue weighted by Gasteiger charge is -2.27. The highest BCUT2D eigenvalue weighted by molar-refractivity contribution is 6.51. The van der Waals surface area contributed by atoms with E-state index in [1.165, 1.54) is 4.90 Å². The molecule has 1 N–H and O–H groups in total. The zero-order chi connectivity index (χ0) is 26.9. The Hall–Kier alpha value is -4.06. The van der Waals surface area contributed by atoms with E-state index < -0.39 is 17.7 Å². The summed E-state index contributed by atoms with van der Waals surface area (Å²) >= 11 is 0. The Morgan fingerprint density at radius 3 is 2.22 bits per heavy atom. The number of Topliss-reactive ketones (excluding diaryl/α,β-unsaturated/α-hetero) is 1. The van der Waals surface area contributed by atoms with Crippen LogP contribution in [0.2, 0.25) is 0 Å². The fourth-order valence-electron chi connectivity index (χ4n) is 5.06. The summed E-state index contributed by atoms with van der Waals surface area (Å²) in [4.78, 5) is 30.7. The minimum Gasteiger partial charge on any atom is -0.507 e. The van der Waals surface area contributed by atoms with E-state index in [-0.39, 0.29) is 11.3 Å². The van der Waals surface area contributed by atoms with Gasteiger partial charge in [0, 0.05) is 30.0 Å². The summed E-state index contributed by atoms with van der Waals surface area (Å²) in [6.45, 7) is 11.6. The van der Waals surface area contributed by atoms with Crippen molar-refractivity contribution in [2.24, 2.45) is 0 Å². The lowest BCUT2D eigenvalue weighted by atomic mass is 9.92. The molecule has 1 fully saturated rings. The van der Waals surface area contributed by atoms with Crippen molar-refractivity contribution in [3.8, 4) is 5.75 Å². The van der Waals surface area contributed by atoms with Crippen molar-refractivity contribution in [1.82, 2.24) is 0 Å². The van der Waals surface area contributed by atoms with Crippen LogP contribution < -0.4 is 14.5 Å². The van der Waals surface area contributed by atoms with Crippen LogP contribution in [-0.2, 0) is 9.59 Å². The molecule has 37 heavy (non-hydrogen) atoms. The van der Waals surface area contributed by atoms with Crippen LogP contribution in [-0.4, -0.2) is 37.0 Å². The molecule has 1 amide bonds. The summed E-state index contributed by atoms with van der Waals surface area (Å²) in [5.74, 6) is -0.857. The molecule has 3 aromatic carbocycles. The van der Waals surface area contributed by atoms with Gasteiger partial charge in [0.2, 0.25) is 0 Å². The Balaban J connectivity index is 1.94. The van der Waals surface area contributed by atoms with Gasteiger partial charge in [-0.15, -0.1) is 0 Å². The number of aliphatic hydroxyl groups excluding tert-OH is 1. The molecule has 1 atom stereocenters. The molecule has 0 saturated carbocycles. The molecule has 4 rings (SSSR count). The second-order valence-corrected chi connectivity index (χ2v) is 9.41. The van der Waals surface area contributed by atoms with E-state index in [0.717, 1.165) is 41.0 Å². The van der Waals surface area contributed by atoms with Gasteiger partial charge in [0.15, 0.2) is 0 Å². The molecule has 6 heteroatoms. The molecular weight excluding hydrogens is 464 g/mol. The molecule has 6 nitrogen and oxygen atoms in total. The Bertz CT molecular complexity index is 1370. The molecule has 0 radical (unpaired) electrons. The molecule has 192 valence electrons. The highest BCUT2D eigenvalue weighted by Crippen LogP contribution is 2.43. The summed E-state index contributed by atoms with van der Waals surface area (Å²) < 4.78 is 5.42. The Kier molecular flexibility index (Phi) is 7.39. The van der Waals surface area contributed by atoms with Crippen molar-refractivity contribution in [3.63, 3.8) is 0 Å². The van der Waals surface area contributed by atoms with Crippen LogP contribution in [0.5, 0.6) is 5.75 Å². The minimum absolute atomic E-state index is 0.0785. The predicted octanol–water partition coefficient (Wildman–Crippen LogP) is 6.09. The third kappa shape index (κ3) is 4.71. The average Bonchev–Trinajstić information content (AvgIpc) is 3.16. The van der Waals surface area contributed by atoms with Crippen LogP contribution in [0.25, 0.3) is 5.76 Å². The molecule has 3 aromatic rings. The quantitative estimate of drug-likeness (QED) is 0.242. The standard InChI is InChI=1S/C31H34N2O4/c1-7-32(8-2)23-14-12-22(13-15-23)28-27(29(34)25-17-21(5)26(37-6)18-20(25)4)30(35)31(36)33(28)24-11-9-10-19(3)16-24/h9-18,28,34H,7-8H2,1-6H3/b29-27+. The number of nitrogens with zero attached hydrogens (tertiary/aromatic N) is 2. The van der Waals surface area contributed by atoms with Gasteiger partial charge < -0.3 is 14.7 Å². The number of carbonyl (C=O) groups is 2. The van der Waals surface area contributed by atoms with Gasteiger partial charge in [0.05, 0.1) is 18.7 Å². The first-order valence-corrected chi connectivity index (χ1v) is 12.6. The number of methoxy groups -OCH3 is 1. The first-order chi connectivity index (χ1) is 17.7. The normalized spacial score (nSPS) is 16.8. The number of amides is 1. The molecule has 1 aliphatic heterocycles. The van der Waals surface area contributed by atoms with Crippen LogP contribution in [0.1, 0.15) is 47.7 Å². The SMILES string of the molecule is CCN(CC)c1ccc(C2/C(=C(\O)c3cc(C)c(OC)cc3C)C(=O)C(=O)N2c2cccc(C)c2)cc1. The van der Waals surface area contributed by atoms with Crippen molar-refractivity contribution < 1.29 is 19.4 Å². The van der Waals surface area contributed by atoms with Crippen LogP contribution in [0.3, 0.4) is 0 Å². The molecule has 1 aliphatic rings. The second kappa shape index (κ2) is 10.5. The van der Waals surface area contributed by atoms with Crippen molar-refractivity contribution >= 4 is 28.8 Å². The van der Waals surface area contributed by atoms with Crippen LogP contribution in [0, 0.1) is 20.8 Å². The monoisotopic (exact) mass is 498 g/mol. The van der Waals surface area contributed by atoms with Gasteiger partial charge in [-0.3, -0.25) is 14.5 Å². The Morgan fingerprint density at radius 1 is 0.946 bits per heavy atom. The number of benzene rings is 3. The predicted molar refractivity (Wildman–Crippen MR) is 148 cm³/mol. The van der Waals surface area contributed by atoms with E-state index in [0.29, 0.717) is 17.0 Å². The van der Waals surface area contributed by atoms with Crippen LogP contribution in [0.4, 0.5) is 11.4 Å². The van der Waals surface area contributed by atoms with E-state index in [4.69, 9.17) is 4.74 Å². The number of hydrogen-bond donors (Lipinski definition) is 1. The number of carbonyl (C=O) groups excluding carboxylic acids is 2. The molecule has 0 spiro atoms. The third-order valence-corrected chi connectivity index (χ3v) is 7.06. The molecule has 0 bridgehead atoms. The minimum atomic E-state index is -0.769. The zero-order valence-corrected chi connectivity index (χ0v) is 22.3. The fourth-order valence-corrected chi connectivity index (χ4v) is 5.06. The van der Waals surface area contributed by atoms with Crippen molar-refractivity contribution in [2.75, 3.05) is 30.0 Å². The maximum Gasteiger partial charge on any atom is 0.300 e. The summed E-state index contributed by atoms with van der Waals surface area (Å²) in [5.41, 5.74) is 5.54. The highest BCUT2D eigenvalue weighted by atomic mass is 16.5. The van der Waals surface area contributed by atoms with Gasteiger partial charge in [-0.05, 0) is 93.3 Å². The van der Waals surface area contributed by atoms with Gasteiger partial charge in [-0.1, -0.05) is 24.3 Å². The Morgan fingerprint density at radius 2 is 1.62 bits per heavy atom. The third-order valence-electron chi connectivity index (χ3n) is 7.06. The first kappa shape index (κ1) is 26.0. The molecule has 1 unspecified atom stereocenters. The summed E-state index contributed by atoms with van der Waals surface area (Å²) in [6.07, 6.45) is 0. The summed E-state index contributed by atoms with van der Waals surface area (Å²) in [5, 5.41) is 11.6. The molecule has 1 saturated heterocycles. The van der Waals surface area contributed by atoms with E-state index in [1.54, 1.807) is 13.2 Å². The lowest BCUT2D eigenvalue weighted by molar-refractivity contribution is -0.132. The second-order valence-electron chi connectivity index (χ2n) is 9.41. The van der Waals surface area contributed by atoms with Crippen LogP contribution in [0.15, 0.2) is 66.2 Å². The molecular formula is C31H34N2O4. The fraction of sp³-hybridized carbons (Fsp3) is 0.290. The van der Waals surface area contributed by atoms with E-state index in [9.17, 15) is 14.7 Å². The van der Waals surface area contributed by atoms with E-state index >= 15 is 0 Å². The van der Waals surface area contributed by atoms with Gasteiger partial charge in [-0.25, -0.2) is 0 Å². The van der Waals surface area contributed by atoms with Crippen molar-refractivity contribution in [1.29, 1.82) is 0 Å². The zero-order valence-electron chi connectivity index (χ0n) is 22.3. The lowest BCUT2D eigenvalue weighted by Crippen LogP contribution is -2.29. The number of ketones is 1. The topological polar surface area (TPSA) is 70.1 Å². The van der Waals surface area contributed by atoms with Crippen molar-refractivity contribution in [2.45, 2.75) is 40.7 Å².